The van der Waals surface area contributed by atoms with E-state index in [0.717, 1.165) is 18.4 Å². The molecular formula is C21H25ClN2O3S. The highest BCUT2D eigenvalue weighted by Crippen LogP contribution is 2.29. The van der Waals surface area contributed by atoms with Gasteiger partial charge in [0.2, 0.25) is 10.0 Å². The minimum atomic E-state index is -3.70. The van der Waals surface area contributed by atoms with Crippen LogP contribution < -0.4 is 5.32 Å². The van der Waals surface area contributed by atoms with E-state index in [4.69, 9.17) is 11.6 Å². The zero-order valence-corrected chi connectivity index (χ0v) is 17.6. The van der Waals surface area contributed by atoms with Crippen LogP contribution in [0, 0.1) is 5.92 Å². The Morgan fingerprint density at radius 2 is 1.71 bits per heavy atom. The Morgan fingerprint density at radius 1 is 1.07 bits per heavy atom. The zero-order valence-electron chi connectivity index (χ0n) is 16.1. The van der Waals surface area contributed by atoms with E-state index in [2.05, 4.69) is 5.32 Å². The van der Waals surface area contributed by atoms with Gasteiger partial charge in [-0.1, -0.05) is 55.8 Å². The number of halogens is 1. The second kappa shape index (κ2) is 8.64. The Labute approximate surface area is 171 Å². The number of hydrogen-bond acceptors (Lipinski definition) is 3. The van der Waals surface area contributed by atoms with Crippen LogP contribution in [-0.2, 0) is 10.0 Å². The van der Waals surface area contributed by atoms with Crippen molar-refractivity contribution in [1.29, 1.82) is 0 Å². The van der Waals surface area contributed by atoms with E-state index < -0.39 is 10.0 Å². The fraction of sp³-hybridized carbons (Fsp3) is 0.381. The van der Waals surface area contributed by atoms with Crippen LogP contribution in [0.5, 0.6) is 0 Å². The average molecular weight is 421 g/mol. The molecule has 1 N–H and O–H groups in total. The van der Waals surface area contributed by atoms with E-state index in [1.165, 1.54) is 16.4 Å². The number of amides is 1. The molecule has 150 valence electrons. The van der Waals surface area contributed by atoms with Gasteiger partial charge in [-0.15, -0.1) is 0 Å². The van der Waals surface area contributed by atoms with Crippen molar-refractivity contribution in [3.63, 3.8) is 0 Å². The second-order valence-electron chi connectivity index (χ2n) is 7.36. The summed E-state index contributed by atoms with van der Waals surface area (Å²) in [6, 6.07) is 14.0. The number of sulfonamides is 1. The van der Waals surface area contributed by atoms with Crippen LogP contribution in [0.15, 0.2) is 53.4 Å². The fourth-order valence-corrected chi connectivity index (χ4v) is 5.45. The first-order valence-corrected chi connectivity index (χ1v) is 11.3. The lowest BCUT2D eigenvalue weighted by Gasteiger charge is -2.23. The van der Waals surface area contributed by atoms with Crippen LogP contribution in [0.2, 0.25) is 5.02 Å². The first-order valence-electron chi connectivity index (χ1n) is 9.46. The Bertz CT molecular complexity index is 939. The summed E-state index contributed by atoms with van der Waals surface area (Å²) in [5.41, 5.74) is 1.29. The molecule has 0 bridgehead atoms. The summed E-state index contributed by atoms with van der Waals surface area (Å²) in [7, 11) is -3.70. The summed E-state index contributed by atoms with van der Waals surface area (Å²) in [5, 5.41) is 3.16. The maximum absolute atomic E-state index is 12.9. The summed E-state index contributed by atoms with van der Waals surface area (Å²) in [6.07, 6.45) is 1.67. The molecule has 0 unspecified atom stereocenters. The summed E-state index contributed by atoms with van der Waals surface area (Å²) in [4.78, 5) is 12.9. The van der Waals surface area contributed by atoms with Crippen molar-refractivity contribution in [2.75, 3.05) is 13.1 Å². The minimum Gasteiger partial charge on any atom is -0.345 e. The molecule has 1 fully saturated rings. The fourth-order valence-electron chi connectivity index (χ4n) is 3.43. The molecule has 0 saturated carbocycles. The predicted molar refractivity (Wildman–Crippen MR) is 111 cm³/mol. The number of carbonyl (C=O) groups is 1. The largest absolute Gasteiger partial charge is 0.345 e. The standard InChI is InChI=1S/C21H25ClN2O3S/c1-15(2)20(16-8-4-3-5-9-16)23-21(25)17-10-11-18(22)19(14-17)28(26,27)24-12-6-7-13-24/h3-5,8-11,14-15,20H,6-7,12-13H2,1-2H3,(H,23,25)/t20-/m1/s1. The van der Waals surface area contributed by atoms with E-state index in [-0.39, 0.29) is 33.3 Å². The van der Waals surface area contributed by atoms with Gasteiger partial charge in [-0.3, -0.25) is 4.79 Å². The third kappa shape index (κ3) is 4.40. The molecule has 1 aliphatic rings. The second-order valence-corrected chi connectivity index (χ2v) is 9.68. The molecule has 0 spiro atoms. The van der Waals surface area contributed by atoms with Crippen molar-refractivity contribution >= 4 is 27.5 Å². The van der Waals surface area contributed by atoms with Gasteiger partial charge in [0.25, 0.3) is 5.91 Å². The molecule has 3 rings (SSSR count). The summed E-state index contributed by atoms with van der Waals surface area (Å²) in [5.74, 6) is -0.149. The highest BCUT2D eigenvalue weighted by atomic mass is 35.5. The summed E-state index contributed by atoms with van der Waals surface area (Å²) in [6.45, 7) is 5.03. The Balaban J connectivity index is 1.88. The Hall–Kier alpha value is -1.89. The van der Waals surface area contributed by atoms with Crippen LogP contribution in [-0.4, -0.2) is 31.7 Å². The van der Waals surface area contributed by atoms with Crippen LogP contribution >= 0.6 is 11.6 Å². The van der Waals surface area contributed by atoms with Gasteiger partial charge in [-0.2, -0.15) is 4.31 Å². The van der Waals surface area contributed by atoms with Crippen molar-refractivity contribution in [1.82, 2.24) is 9.62 Å². The lowest BCUT2D eigenvalue weighted by molar-refractivity contribution is 0.0925. The van der Waals surface area contributed by atoms with Crippen molar-refractivity contribution in [2.45, 2.75) is 37.6 Å². The van der Waals surface area contributed by atoms with Crippen molar-refractivity contribution in [2.24, 2.45) is 5.92 Å². The minimum absolute atomic E-state index is 0.00970. The molecule has 7 heteroatoms. The number of nitrogens with one attached hydrogen (secondary N) is 1. The van der Waals surface area contributed by atoms with E-state index >= 15 is 0 Å². The van der Waals surface area contributed by atoms with Gasteiger partial charge in [-0.25, -0.2) is 8.42 Å². The molecule has 28 heavy (non-hydrogen) atoms. The lowest BCUT2D eigenvalue weighted by Crippen LogP contribution is -2.32. The average Bonchev–Trinajstić information content (AvgIpc) is 3.22. The SMILES string of the molecule is CC(C)[C@@H](NC(=O)c1ccc(Cl)c(S(=O)(=O)N2CCCC2)c1)c1ccccc1. The number of hydrogen-bond donors (Lipinski definition) is 1. The van der Waals surface area contributed by atoms with E-state index in [1.807, 2.05) is 44.2 Å². The molecule has 1 saturated heterocycles. The third-order valence-electron chi connectivity index (χ3n) is 4.99. The lowest BCUT2D eigenvalue weighted by atomic mass is 9.95. The van der Waals surface area contributed by atoms with Crippen molar-refractivity contribution < 1.29 is 13.2 Å². The van der Waals surface area contributed by atoms with Gasteiger partial charge in [-0.05, 0) is 42.5 Å². The quantitative estimate of drug-likeness (QED) is 0.759. The smallest absolute Gasteiger partial charge is 0.251 e. The molecule has 2 aromatic carbocycles. The Morgan fingerprint density at radius 3 is 2.32 bits per heavy atom. The molecule has 1 amide bonds. The normalized spacial score (nSPS) is 16.3. The van der Waals surface area contributed by atoms with Crippen LogP contribution in [0.3, 0.4) is 0 Å². The van der Waals surface area contributed by atoms with Crippen LogP contribution in [0.25, 0.3) is 0 Å². The first-order chi connectivity index (χ1) is 13.3. The summed E-state index contributed by atoms with van der Waals surface area (Å²) >= 11 is 6.18. The van der Waals surface area contributed by atoms with Crippen LogP contribution in [0.1, 0.15) is 48.7 Å². The molecule has 0 aliphatic carbocycles. The summed E-state index contributed by atoms with van der Waals surface area (Å²) < 4.78 is 27.2. The monoisotopic (exact) mass is 420 g/mol. The van der Waals surface area contributed by atoms with Crippen molar-refractivity contribution in [3.8, 4) is 0 Å². The van der Waals surface area contributed by atoms with Gasteiger partial charge >= 0.3 is 0 Å². The molecule has 5 nitrogen and oxygen atoms in total. The number of nitrogens with zero attached hydrogens (tertiary/aromatic N) is 1. The maximum Gasteiger partial charge on any atom is 0.251 e. The van der Waals surface area contributed by atoms with Gasteiger partial charge in [0.15, 0.2) is 0 Å². The molecule has 2 aromatic rings. The van der Waals surface area contributed by atoms with Gasteiger partial charge < -0.3 is 5.32 Å². The molecule has 1 atom stereocenters. The Kier molecular flexibility index (Phi) is 6.43. The van der Waals surface area contributed by atoms with Gasteiger partial charge in [0.05, 0.1) is 11.1 Å². The van der Waals surface area contributed by atoms with E-state index in [1.54, 1.807) is 6.07 Å². The molecule has 1 heterocycles. The predicted octanol–water partition coefficient (Wildman–Crippen LogP) is 4.25. The number of benzene rings is 2. The highest BCUT2D eigenvalue weighted by molar-refractivity contribution is 7.89. The van der Waals surface area contributed by atoms with Gasteiger partial charge in [0.1, 0.15) is 4.90 Å². The van der Waals surface area contributed by atoms with Gasteiger partial charge in [0, 0.05) is 18.7 Å². The third-order valence-corrected chi connectivity index (χ3v) is 7.37. The van der Waals surface area contributed by atoms with Crippen molar-refractivity contribution in [3.05, 3.63) is 64.7 Å². The maximum atomic E-state index is 12.9. The van der Waals surface area contributed by atoms with E-state index in [9.17, 15) is 13.2 Å². The van der Waals surface area contributed by atoms with Crippen LogP contribution in [0.4, 0.5) is 0 Å². The first kappa shape index (κ1) is 20.8. The molecule has 1 aliphatic heterocycles. The number of carbonyl (C=O) groups excluding carboxylic acids is 1. The molecule has 0 radical (unpaired) electrons. The highest BCUT2D eigenvalue weighted by Gasteiger charge is 2.30. The molecule has 0 aromatic heterocycles. The topological polar surface area (TPSA) is 66.5 Å². The number of rotatable bonds is 6. The van der Waals surface area contributed by atoms with E-state index in [0.29, 0.717) is 13.1 Å². The molecular weight excluding hydrogens is 396 g/mol. The zero-order chi connectivity index (χ0) is 20.3.